The van der Waals surface area contributed by atoms with E-state index in [0.717, 1.165) is 49.0 Å². The number of amides is 1. The highest BCUT2D eigenvalue weighted by atomic mass is 32.2. The van der Waals surface area contributed by atoms with E-state index in [2.05, 4.69) is 24.5 Å². The van der Waals surface area contributed by atoms with E-state index >= 15 is 0 Å². The Bertz CT molecular complexity index is 842. The topological polar surface area (TPSA) is 47.4 Å². The maximum absolute atomic E-state index is 13.0. The summed E-state index contributed by atoms with van der Waals surface area (Å²) in [5.41, 5.74) is 4.52. The van der Waals surface area contributed by atoms with Crippen LogP contribution in [0.3, 0.4) is 0 Å². The van der Waals surface area contributed by atoms with Crippen molar-refractivity contribution in [2.45, 2.75) is 63.9 Å². The minimum atomic E-state index is 0.152. The van der Waals surface area contributed by atoms with Gasteiger partial charge in [0.25, 0.3) is 0 Å². The molecule has 0 aliphatic carbocycles. The highest BCUT2D eigenvalue weighted by molar-refractivity contribution is 7.99. The van der Waals surface area contributed by atoms with Gasteiger partial charge in [-0.25, -0.2) is 4.98 Å². The van der Waals surface area contributed by atoms with Crippen LogP contribution in [0, 0.1) is 13.8 Å². The molecule has 2 aliphatic heterocycles. The van der Waals surface area contributed by atoms with Crippen molar-refractivity contribution in [2.24, 2.45) is 0 Å². The minimum absolute atomic E-state index is 0.152. The lowest BCUT2D eigenvalue weighted by Crippen LogP contribution is -2.37. The molecule has 2 unspecified atom stereocenters. The molecule has 2 aliphatic rings. The Morgan fingerprint density at radius 1 is 1.33 bits per heavy atom. The molecule has 1 aromatic carbocycles. The molecule has 6 heteroatoms. The van der Waals surface area contributed by atoms with Gasteiger partial charge in [-0.2, -0.15) is 0 Å². The van der Waals surface area contributed by atoms with Crippen LogP contribution in [-0.2, 0) is 22.5 Å². The summed E-state index contributed by atoms with van der Waals surface area (Å²) in [5.74, 6) is 0.555. The second kappa shape index (κ2) is 7.68. The monoisotopic (exact) mass is 385 g/mol. The van der Waals surface area contributed by atoms with Gasteiger partial charge in [-0.05, 0) is 51.7 Å². The van der Waals surface area contributed by atoms with Crippen molar-refractivity contribution in [1.29, 1.82) is 0 Å². The molecule has 0 spiro atoms. The fraction of sp³-hybridized carbons (Fsp3) is 0.524. The molecule has 4 rings (SSSR count). The van der Waals surface area contributed by atoms with Gasteiger partial charge in [0.2, 0.25) is 5.91 Å². The van der Waals surface area contributed by atoms with Gasteiger partial charge in [-0.15, -0.1) is 0 Å². The Kier molecular flexibility index (Phi) is 5.28. The first-order valence-electron chi connectivity index (χ1n) is 9.72. The second-order valence-electron chi connectivity index (χ2n) is 7.55. The number of hydrogen-bond acceptors (Lipinski definition) is 4. The number of para-hydroxylation sites is 1. The van der Waals surface area contributed by atoms with Crippen molar-refractivity contribution in [2.75, 3.05) is 17.3 Å². The van der Waals surface area contributed by atoms with Crippen molar-refractivity contribution in [3.05, 3.63) is 41.2 Å². The third-order valence-corrected chi connectivity index (χ3v) is 6.59. The zero-order chi connectivity index (χ0) is 19.0. The number of benzene rings is 1. The average molecular weight is 386 g/mol. The summed E-state index contributed by atoms with van der Waals surface area (Å²) in [6, 6.07) is 8.43. The number of nitrogens with zero attached hydrogens (tertiary/aromatic N) is 3. The van der Waals surface area contributed by atoms with Crippen LogP contribution in [0.4, 0.5) is 5.69 Å². The summed E-state index contributed by atoms with van der Waals surface area (Å²) in [7, 11) is 0. The number of fused-ring (bicyclic) bond motifs is 1. The molecule has 3 heterocycles. The molecule has 0 saturated carbocycles. The number of carbonyl (C=O) groups is 1. The van der Waals surface area contributed by atoms with Crippen LogP contribution in [0.5, 0.6) is 0 Å². The number of ether oxygens (including phenoxy) is 1. The lowest BCUT2D eigenvalue weighted by molar-refractivity contribution is -0.116. The van der Waals surface area contributed by atoms with Crippen molar-refractivity contribution >= 4 is 23.4 Å². The van der Waals surface area contributed by atoms with Gasteiger partial charge >= 0.3 is 0 Å². The summed E-state index contributed by atoms with van der Waals surface area (Å²) in [6.45, 7) is 7.93. The Balaban J connectivity index is 1.47. The summed E-state index contributed by atoms with van der Waals surface area (Å²) in [5, 5.41) is 0.925. The van der Waals surface area contributed by atoms with E-state index in [1.54, 1.807) is 11.8 Å². The van der Waals surface area contributed by atoms with Crippen LogP contribution in [0.1, 0.15) is 36.7 Å². The molecule has 2 aromatic rings. The lowest BCUT2D eigenvalue weighted by atomic mass is 10.1. The number of thioether (sulfide) groups is 1. The molecule has 0 N–H and O–H groups in total. The normalized spacial score (nSPS) is 21.7. The van der Waals surface area contributed by atoms with Gasteiger partial charge in [-0.1, -0.05) is 30.0 Å². The van der Waals surface area contributed by atoms with E-state index in [0.29, 0.717) is 5.75 Å². The molecule has 27 heavy (non-hydrogen) atoms. The smallest absolute Gasteiger partial charge is 0.237 e. The summed E-state index contributed by atoms with van der Waals surface area (Å²) in [4.78, 5) is 19.7. The van der Waals surface area contributed by atoms with Gasteiger partial charge in [0.1, 0.15) is 0 Å². The number of hydrogen-bond donors (Lipinski definition) is 0. The van der Waals surface area contributed by atoms with Crippen molar-refractivity contribution in [3.63, 3.8) is 0 Å². The third kappa shape index (κ3) is 3.65. The van der Waals surface area contributed by atoms with Gasteiger partial charge in [0.15, 0.2) is 5.16 Å². The highest BCUT2D eigenvalue weighted by Gasteiger charge is 2.30. The van der Waals surface area contributed by atoms with E-state index < -0.39 is 0 Å². The van der Waals surface area contributed by atoms with Gasteiger partial charge in [0.05, 0.1) is 24.1 Å². The molecule has 0 radical (unpaired) electrons. The van der Waals surface area contributed by atoms with Crippen molar-refractivity contribution in [3.8, 4) is 0 Å². The molecule has 144 valence electrons. The molecule has 1 amide bonds. The van der Waals surface area contributed by atoms with Crippen molar-refractivity contribution < 1.29 is 9.53 Å². The fourth-order valence-corrected chi connectivity index (χ4v) is 5.04. The van der Waals surface area contributed by atoms with Crippen LogP contribution < -0.4 is 4.90 Å². The summed E-state index contributed by atoms with van der Waals surface area (Å²) >= 11 is 1.54. The fourth-order valence-electron chi connectivity index (χ4n) is 4.08. The number of rotatable bonds is 5. The zero-order valence-electron chi connectivity index (χ0n) is 16.3. The molecule has 2 atom stereocenters. The molecule has 0 bridgehead atoms. The number of anilines is 1. The lowest BCUT2D eigenvalue weighted by Gasteiger charge is -2.22. The van der Waals surface area contributed by atoms with Crippen molar-refractivity contribution in [1.82, 2.24) is 9.55 Å². The van der Waals surface area contributed by atoms with E-state index in [1.807, 2.05) is 30.0 Å². The van der Waals surface area contributed by atoms with Gasteiger partial charge in [0, 0.05) is 24.0 Å². The highest BCUT2D eigenvalue weighted by Crippen LogP contribution is 2.33. The van der Waals surface area contributed by atoms with E-state index in [-0.39, 0.29) is 18.1 Å². The quantitative estimate of drug-likeness (QED) is 0.736. The van der Waals surface area contributed by atoms with Crippen LogP contribution in [0.25, 0.3) is 0 Å². The van der Waals surface area contributed by atoms with Crippen LogP contribution in [0.2, 0.25) is 0 Å². The Morgan fingerprint density at radius 2 is 2.15 bits per heavy atom. The predicted molar refractivity (Wildman–Crippen MR) is 108 cm³/mol. The standard InChI is InChI=1S/C21H27N3O2S/c1-14-11-17-7-4-5-9-19(17)24(14)20(25)13-27-21-22-15(2)16(3)23(21)12-18-8-6-10-26-18/h4-5,7,9,14,18H,6,8,10-13H2,1-3H3. The molecular formula is C21H27N3O2S. The summed E-state index contributed by atoms with van der Waals surface area (Å²) in [6.07, 6.45) is 3.42. The van der Waals surface area contributed by atoms with Crippen LogP contribution >= 0.6 is 11.8 Å². The molecule has 1 fully saturated rings. The number of aryl methyl sites for hydroxylation is 1. The van der Waals surface area contributed by atoms with Crippen LogP contribution in [-0.4, -0.2) is 40.0 Å². The molecular weight excluding hydrogens is 358 g/mol. The molecule has 1 saturated heterocycles. The largest absolute Gasteiger partial charge is 0.376 e. The number of aromatic nitrogens is 2. The SMILES string of the molecule is Cc1nc(SCC(=O)N2c3ccccc3CC2C)n(CC2CCCO2)c1C. The third-order valence-electron chi connectivity index (χ3n) is 5.63. The Hall–Kier alpha value is -1.79. The molecule has 5 nitrogen and oxygen atoms in total. The van der Waals surface area contributed by atoms with Gasteiger partial charge < -0.3 is 14.2 Å². The second-order valence-corrected chi connectivity index (χ2v) is 8.49. The number of carbonyl (C=O) groups excluding carboxylic acids is 1. The minimum Gasteiger partial charge on any atom is -0.376 e. The first kappa shape index (κ1) is 18.6. The maximum Gasteiger partial charge on any atom is 0.237 e. The molecule has 1 aromatic heterocycles. The average Bonchev–Trinajstić information content (AvgIpc) is 3.34. The predicted octanol–water partition coefficient (Wildman–Crippen LogP) is 3.75. The first-order valence-corrected chi connectivity index (χ1v) is 10.7. The Morgan fingerprint density at radius 3 is 2.93 bits per heavy atom. The zero-order valence-corrected chi connectivity index (χ0v) is 17.1. The van der Waals surface area contributed by atoms with E-state index in [9.17, 15) is 4.79 Å². The summed E-state index contributed by atoms with van der Waals surface area (Å²) < 4.78 is 8.03. The Labute approximate surface area is 165 Å². The van der Waals surface area contributed by atoms with E-state index in [1.165, 1.54) is 11.3 Å². The number of imidazole rings is 1. The maximum atomic E-state index is 13.0. The van der Waals surface area contributed by atoms with Crippen LogP contribution in [0.15, 0.2) is 29.4 Å². The van der Waals surface area contributed by atoms with E-state index in [4.69, 9.17) is 9.72 Å². The first-order chi connectivity index (χ1) is 13.0. The van der Waals surface area contributed by atoms with Gasteiger partial charge in [-0.3, -0.25) is 4.79 Å².